The molecule has 0 saturated heterocycles. The first-order valence-corrected chi connectivity index (χ1v) is 7.63. The summed E-state index contributed by atoms with van der Waals surface area (Å²) < 4.78 is 4.96. The maximum Gasteiger partial charge on any atom is 0.355 e. The number of carbonyl (C=O) groups excluding carboxylic acids is 2. The summed E-state index contributed by atoms with van der Waals surface area (Å²) in [6.07, 6.45) is 1.63. The lowest BCUT2D eigenvalue weighted by molar-refractivity contribution is -0.125. The third kappa shape index (κ3) is 4.18. The predicted octanol–water partition coefficient (Wildman–Crippen LogP) is 1.99. The monoisotopic (exact) mass is 316 g/mol. The van der Waals surface area contributed by atoms with E-state index in [1.807, 2.05) is 13.8 Å². The molecule has 2 rings (SSSR count). The number of benzene rings is 1. The molecular formula is C17H20N2O4. The number of amides is 1. The van der Waals surface area contributed by atoms with Crippen LogP contribution in [-0.4, -0.2) is 29.5 Å². The van der Waals surface area contributed by atoms with Gasteiger partial charge in [-0.2, -0.15) is 0 Å². The van der Waals surface area contributed by atoms with E-state index in [-0.39, 0.29) is 29.7 Å². The summed E-state index contributed by atoms with van der Waals surface area (Å²) in [5, 5.41) is 3.27. The molecule has 6 nitrogen and oxygen atoms in total. The SMILES string of the molecule is CCC(CC)NC(=O)COC(=O)c1cc(=O)c2ccccc2[nH]1. The van der Waals surface area contributed by atoms with Crippen LogP contribution < -0.4 is 10.7 Å². The molecule has 0 unspecified atom stereocenters. The fourth-order valence-electron chi connectivity index (χ4n) is 2.28. The average molecular weight is 316 g/mol. The first-order valence-electron chi connectivity index (χ1n) is 7.63. The normalized spacial score (nSPS) is 10.7. The van der Waals surface area contributed by atoms with Gasteiger partial charge in [-0.1, -0.05) is 26.0 Å². The van der Waals surface area contributed by atoms with E-state index in [1.54, 1.807) is 24.3 Å². The molecule has 0 aliphatic rings. The number of ether oxygens (including phenoxy) is 1. The van der Waals surface area contributed by atoms with Crippen molar-refractivity contribution in [2.24, 2.45) is 0 Å². The molecule has 2 aromatic rings. The van der Waals surface area contributed by atoms with Gasteiger partial charge in [-0.15, -0.1) is 0 Å². The van der Waals surface area contributed by atoms with Crippen molar-refractivity contribution in [3.63, 3.8) is 0 Å². The predicted molar refractivity (Wildman–Crippen MR) is 87.4 cm³/mol. The van der Waals surface area contributed by atoms with E-state index < -0.39 is 5.97 Å². The lowest BCUT2D eigenvalue weighted by atomic mass is 10.2. The van der Waals surface area contributed by atoms with Gasteiger partial charge in [0, 0.05) is 23.0 Å². The van der Waals surface area contributed by atoms with Crippen LogP contribution >= 0.6 is 0 Å². The summed E-state index contributed by atoms with van der Waals surface area (Å²) in [4.78, 5) is 38.5. The molecule has 1 aromatic carbocycles. The van der Waals surface area contributed by atoms with Crippen LogP contribution in [0.1, 0.15) is 37.2 Å². The van der Waals surface area contributed by atoms with Crippen LogP contribution in [-0.2, 0) is 9.53 Å². The van der Waals surface area contributed by atoms with Gasteiger partial charge in [0.1, 0.15) is 5.69 Å². The highest BCUT2D eigenvalue weighted by atomic mass is 16.5. The molecule has 2 N–H and O–H groups in total. The molecule has 0 saturated carbocycles. The number of rotatable bonds is 6. The average Bonchev–Trinajstić information content (AvgIpc) is 2.57. The van der Waals surface area contributed by atoms with E-state index in [1.165, 1.54) is 6.07 Å². The molecule has 0 aliphatic carbocycles. The summed E-state index contributed by atoms with van der Waals surface area (Å²) in [6, 6.07) is 8.14. The number of H-pyrrole nitrogens is 1. The van der Waals surface area contributed by atoms with Gasteiger partial charge in [0.15, 0.2) is 12.0 Å². The molecule has 6 heteroatoms. The Morgan fingerprint density at radius 3 is 2.61 bits per heavy atom. The highest BCUT2D eigenvalue weighted by Crippen LogP contribution is 2.08. The van der Waals surface area contributed by atoms with Gasteiger partial charge in [-0.25, -0.2) is 4.79 Å². The molecule has 0 radical (unpaired) electrons. The number of hydrogen-bond donors (Lipinski definition) is 2. The molecule has 0 bridgehead atoms. The maximum absolute atomic E-state index is 12.0. The minimum atomic E-state index is -0.729. The first kappa shape index (κ1) is 16.7. The molecule has 1 aromatic heterocycles. The highest BCUT2D eigenvalue weighted by Gasteiger charge is 2.14. The van der Waals surface area contributed by atoms with Gasteiger partial charge in [-0.05, 0) is 25.0 Å². The number of aromatic nitrogens is 1. The number of hydrogen-bond acceptors (Lipinski definition) is 4. The second-order valence-corrected chi connectivity index (χ2v) is 5.25. The van der Waals surface area contributed by atoms with Crippen LogP contribution in [0.4, 0.5) is 0 Å². The van der Waals surface area contributed by atoms with E-state index in [9.17, 15) is 14.4 Å². The van der Waals surface area contributed by atoms with Gasteiger partial charge >= 0.3 is 5.97 Å². The molecule has 23 heavy (non-hydrogen) atoms. The standard InChI is InChI=1S/C17H20N2O4/c1-3-11(4-2)18-16(21)10-23-17(22)14-9-15(20)12-7-5-6-8-13(12)19-14/h5-9,11H,3-4,10H2,1-2H3,(H,18,21)(H,19,20). The van der Waals surface area contributed by atoms with Crippen LogP contribution in [0.15, 0.2) is 35.1 Å². The van der Waals surface area contributed by atoms with E-state index in [2.05, 4.69) is 10.3 Å². The Labute approximate surface area is 133 Å². The Balaban J connectivity index is 2.04. The van der Waals surface area contributed by atoms with E-state index in [4.69, 9.17) is 4.74 Å². The Bertz CT molecular complexity index is 763. The summed E-state index contributed by atoms with van der Waals surface area (Å²) >= 11 is 0. The minimum Gasteiger partial charge on any atom is -0.451 e. The Morgan fingerprint density at radius 2 is 1.91 bits per heavy atom. The third-order valence-electron chi connectivity index (χ3n) is 3.64. The number of para-hydroxylation sites is 1. The molecule has 1 heterocycles. The molecule has 1 amide bonds. The van der Waals surface area contributed by atoms with Crippen molar-refractivity contribution in [3.05, 3.63) is 46.2 Å². The molecule has 0 spiro atoms. The van der Waals surface area contributed by atoms with Crippen LogP contribution in [0.5, 0.6) is 0 Å². The van der Waals surface area contributed by atoms with Crippen molar-refractivity contribution in [1.29, 1.82) is 0 Å². The number of nitrogens with one attached hydrogen (secondary N) is 2. The quantitative estimate of drug-likeness (QED) is 0.798. The summed E-state index contributed by atoms with van der Waals surface area (Å²) in [6.45, 7) is 3.57. The minimum absolute atomic E-state index is 0.0315. The van der Waals surface area contributed by atoms with Crippen molar-refractivity contribution in [1.82, 2.24) is 10.3 Å². The number of carbonyl (C=O) groups is 2. The van der Waals surface area contributed by atoms with Gasteiger partial charge in [0.25, 0.3) is 5.91 Å². The topological polar surface area (TPSA) is 88.3 Å². The first-order chi connectivity index (χ1) is 11.0. The van der Waals surface area contributed by atoms with Gasteiger partial charge in [0.05, 0.1) is 0 Å². The lowest BCUT2D eigenvalue weighted by Gasteiger charge is -2.14. The van der Waals surface area contributed by atoms with E-state index in [0.29, 0.717) is 10.9 Å². The summed E-state index contributed by atoms with van der Waals surface area (Å²) in [5.74, 6) is -1.08. The van der Waals surface area contributed by atoms with Crippen molar-refractivity contribution >= 4 is 22.8 Å². The zero-order valence-corrected chi connectivity index (χ0v) is 13.2. The summed E-state index contributed by atoms with van der Waals surface area (Å²) in [7, 11) is 0. The Morgan fingerprint density at radius 1 is 1.22 bits per heavy atom. The van der Waals surface area contributed by atoms with Crippen molar-refractivity contribution in [3.8, 4) is 0 Å². The molecule has 0 aliphatic heterocycles. The van der Waals surface area contributed by atoms with Crippen molar-refractivity contribution in [2.75, 3.05) is 6.61 Å². The number of aromatic amines is 1. The number of fused-ring (bicyclic) bond motifs is 1. The van der Waals surface area contributed by atoms with Gasteiger partial charge < -0.3 is 15.0 Å². The molecular weight excluding hydrogens is 296 g/mol. The van der Waals surface area contributed by atoms with Crippen LogP contribution in [0.3, 0.4) is 0 Å². The van der Waals surface area contributed by atoms with Crippen molar-refractivity contribution in [2.45, 2.75) is 32.7 Å². The van der Waals surface area contributed by atoms with Gasteiger partial charge in [-0.3, -0.25) is 9.59 Å². The van der Waals surface area contributed by atoms with Crippen LogP contribution in [0, 0.1) is 0 Å². The number of esters is 1. The Kier molecular flexibility index (Phi) is 5.51. The lowest BCUT2D eigenvalue weighted by Crippen LogP contribution is -2.37. The zero-order chi connectivity index (χ0) is 16.8. The molecule has 122 valence electrons. The van der Waals surface area contributed by atoms with Crippen LogP contribution in [0.2, 0.25) is 0 Å². The molecule has 0 atom stereocenters. The summed E-state index contributed by atoms with van der Waals surface area (Å²) in [5.41, 5.74) is 0.310. The second kappa shape index (κ2) is 7.58. The van der Waals surface area contributed by atoms with E-state index in [0.717, 1.165) is 12.8 Å². The zero-order valence-electron chi connectivity index (χ0n) is 13.2. The van der Waals surface area contributed by atoms with Gasteiger partial charge in [0.2, 0.25) is 0 Å². The number of pyridine rings is 1. The highest BCUT2D eigenvalue weighted by molar-refractivity contribution is 5.92. The van der Waals surface area contributed by atoms with Crippen molar-refractivity contribution < 1.29 is 14.3 Å². The molecule has 0 fully saturated rings. The van der Waals surface area contributed by atoms with E-state index >= 15 is 0 Å². The maximum atomic E-state index is 12.0. The Hall–Kier alpha value is -2.63. The fraction of sp³-hybridized carbons (Fsp3) is 0.353. The largest absolute Gasteiger partial charge is 0.451 e. The fourth-order valence-corrected chi connectivity index (χ4v) is 2.28. The second-order valence-electron chi connectivity index (χ2n) is 5.25. The van der Waals surface area contributed by atoms with Crippen LogP contribution in [0.25, 0.3) is 10.9 Å². The smallest absolute Gasteiger partial charge is 0.355 e. The third-order valence-corrected chi connectivity index (χ3v) is 3.64.